The normalized spacial score (nSPS) is 14.5. The molecule has 0 saturated carbocycles. The summed E-state index contributed by atoms with van der Waals surface area (Å²) in [6.07, 6.45) is 5.51. The third-order valence-corrected chi connectivity index (χ3v) is 5.13. The van der Waals surface area contributed by atoms with Crippen molar-refractivity contribution in [1.82, 2.24) is 9.78 Å². The van der Waals surface area contributed by atoms with E-state index < -0.39 is 0 Å². The van der Waals surface area contributed by atoms with Crippen LogP contribution in [0.2, 0.25) is 0 Å². The van der Waals surface area contributed by atoms with E-state index in [9.17, 15) is 9.59 Å². The van der Waals surface area contributed by atoms with Crippen molar-refractivity contribution in [2.24, 2.45) is 5.92 Å². The number of rotatable bonds is 6. The fraction of sp³-hybridized carbons (Fsp3) is 0.261. The average molecular weight is 389 g/mol. The van der Waals surface area contributed by atoms with E-state index in [-0.39, 0.29) is 11.7 Å². The molecule has 3 aromatic rings. The SMILES string of the molecule is O=C(Nc1cnn(CC2CCOCC2)c1)c1ccccc1C(=O)c1ccccc1. The van der Waals surface area contributed by atoms with Crippen LogP contribution in [0.15, 0.2) is 67.0 Å². The summed E-state index contributed by atoms with van der Waals surface area (Å²) in [5, 5.41) is 7.22. The van der Waals surface area contributed by atoms with E-state index >= 15 is 0 Å². The van der Waals surface area contributed by atoms with Crippen LogP contribution in [-0.4, -0.2) is 34.7 Å². The molecule has 0 aliphatic carbocycles. The highest BCUT2D eigenvalue weighted by molar-refractivity contribution is 6.17. The zero-order chi connectivity index (χ0) is 20.1. The summed E-state index contributed by atoms with van der Waals surface area (Å²) in [7, 11) is 0. The molecule has 2 aromatic carbocycles. The number of nitrogens with one attached hydrogen (secondary N) is 1. The highest BCUT2D eigenvalue weighted by Crippen LogP contribution is 2.19. The molecule has 6 heteroatoms. The molecule has 148 valence electrons. The first-order valence-electron chi connectivity index (χ1n) is 9.81. The van der Waals surface area contributed by atoms with Crippen LogP contribution in [0.1, 0.15) is 39.1 Å². The Bertz CT molecular complexity index is 991. The minimum absolute atomic E-state index is 0.174. The molecule has 0 radical (unpaired) electrons. The molecule has 1 amide bonds. The Morgan fingerprint density at radius 1 is 1.00 bits per heavy atom. The van der Waals surface area contributed by atoms with Gasteiger partial charge in [0.1, 0.15) is 0 Å². The number of benzene rings is 2. The van der Waals surface area contributed by atoms with E-state index in [1.807, 2.05) is 29.1 Å². The van der Waals surface area contributed by atoms with Gasteiger partial charge in [0.2, 0.25) is 0 Å². The van der Waals surface area contributed by atoms with Gasteiger partial charge in [0, 0.05) is 37.1 Å². The number of amides is 1. The maximum Gasteiger partial charge on any atom is 0.256 e. The van der Waals surface area contributed by atoms with Crippen molar-refractivity contribution in [2.45, 2.75) is 19.4 Å². The Balaban J connectivity index is 1.47. The van der Waals surface area contributed by atoms with Gasteiger partial charge in [0.05, 0.1) is 17.4 Å². The van der Waals surface area contributed by atoms with Crippen LogP contribution in [0.3, 0.4) is 0 Å². The fourth-order valence-corrected chi connectivity index (χ4v) is 3.54. The smallest absolute Gasteiger partial charge is 0.256 e. The number of ketones is 1. The minimum Gasteiger partial charge on any atom is -0.381 e. The van der Waals surface area contributed by atoms with Gasteiger partial charge in [0.25, 0.3) is 5.91 Å². The average Bonchev–Trinajstić information content (AvgIpc) is 3.21. The molecular formula is C23H23N3O3. The van der Waals surface area contributed by atoms with Crippen molar-refractivity contribution in [2.75, 3.05) is 18.5 Å². The van der Waals surface area contributed by atoms with E-state index in [0.717, 1.165) is 32.6 Å². The Morgan fingerprint density at radius 3 is 2.45 bits per heavy atom. The lowest BCUT2D eigenvalue weighted by molar-refractivity contribution is 0.0601. The van der Waals surface area contributed by atoms with E-state index in [4.69, 9.17) is 4.74 Å². The lowest BCUT2D eigenvalue weighted by Gasteiger charge is -2.21. The summed E-state index contributed by atoms with van der Waals surface area (Å²) in [6, 6.07) is 15.8. The van der Waals surface area contributed by atoms with Crippen molar-refractivity contribution in [3.63, 3.8) is 0 Å². The van der Waals surface area contributed by atoms with E-state index in [1.54, 1.807) is 42.6 Å². The number of hydrogen-bond acceptors (Lipinski definition) is 4. The second kappa shape index (κ2) is 8.84. The first kappa shape index (κ1) is 19.1. The predicted molar refractivity (Wildman–Crippen MR) is 110 cm³/mol. The van der Waals surface area contributed by atoms with Gasteiger partial charge in [-0.25, -0.2) is 0 Å². The van der Waals surface area contributed by atoms with Crippen molar-refractivity contribution in [1.29, 1.82) is 0 Å². The van der Waals surface area contributed by atoms with Crippen LogP contribution >= 0.6 is 0 Å². The molecule has 6 nitrogen and oxygen atoms in total. The molecule has 4 rings (SSSR count). The second-order valence-corrected chi connectivity index (χ2v) is 7.20. The topological polar surface area (TPSA) is 73.2 Å². The number of carbonyl (C=O) groups is 2. The zero-order valence-electron chi connectivity index (χ0n) is 16.1. The summed E-state index contributed by atoms with van der Waals surface area (Å²) >= 11 is 0. The molecule has 29 heavy (non-hydrogen) atoms. The first-order valence-corrected chi connectivity index (χ1v) is 9.81. The predicted octanol–water partition coefficient (Wildman–Crippen LogP) is 3.79. The quantitative estimate of drug-likeness (QED) is 0.651. The van der Waals surface area contributed by atoms with Crippen molar-refractivity contribution < 1.29 is 14.3 Å². The highest BCUT2D eigenvalue weighted by atomic mass is 16.5. The largest absolute Gasteiger partial charge is 0.381 e. The highest BCUT2D eigenvalue weighted by Gasteiger charge is 2.19. The standard InChI is InChI=1S/C23H23N3O3/c27-22(18-6-2-1-3-7-18)20-8-4-5-9-21(20)23(28)25-19-14-24-26(16-19)15-17-10-12-29-13-11-17/h1-9,14,16-17H,10-13,15H2,(H,25,28). The zero-order valence-corrected chi connectivity index (χ0v) is 16.1. The Labute approximate surface area is 169 Å². The summed E-state index contributed by atoms with van der Waals surface area (Å²) in [6.45, 7) is 2.39. The van der Waals surface area contributed by atoms with Crippen LogP contribution in [0.25, 0.3) is 0 Å². The lowest BCUT2D eigenvalue weighted by atomic mass is 9.98. The van der Waals surface area contributed by atoms with Gasteiger partial charge in [-0.3, -0.25) is 14.3 Å². The van der Waals surface area contributed by atoms with Gasteiger partial charge < -0.3 is 10.1 Å². The minimum atomic E-state index is -0.324. The van der Waals surface area contributed by atoms with E-state index in [2.05, 4.69) is 10.4 Å². The van der Waals surface area contributed by atoms with Gasteiger partial charge >= 0.3 is 0 Å². The molecular weight excluding hydrogens is 366 g/mol. The summed E-state index contributed by atoms with van der Waals surface area (Å²) in [5.41, 5.74) is 1.89. The summed E-state index contributed by atoms with van der Waals surface area (Å²) in [4.78, 5) is 25.7. The molecule has 1 aliphatic heterocycles. The van der Waals surface area contributed by atoms with Crippen LogP contribution in [0.4, 0.5) is 5.69 Å². The Morgan fingerprint density at radius 2 is 1.69 bits per heavy atom. The van der Waals surface area contributed by atoms with Crippen LogP contribution in [-0.2, 0) is 11.3 Å². The van der Waals surface area contributed by atoms with Crippen LogP contribution in [0, 0.1) is 5.92 Å². The monoisotopic (exact) mass is 389 g/mol. The van der Waals surface area contributed by atoms with Gasteiger partial charge in [-0.15, -0.1) is 0 Å². The van der Waals surface area contributed by atoms with E-state index in [0.29, 0.717) is 28.3 Å². The van der Waals surface area contributed by atoms with Crippen molar-refractivity contribution >= 4 is 17.4 Å². The molecule has 1 saturated heterocycles. The molecule has 1 fully saturated rings. The molecule has 0 bridgehead atoms. The molecule has 0 atom stereocenters. The van der Waals surface area contributed by atoms with Gasteiger partial charge in [-0.2, -0.15) is 5.10 Å². The lowest BCUT2D eigenvalue weighted by Crippen LogP contribution is -2.20. The number of ether oxygens (including phenoxy) is 1. The number of anilines is 1. The number of hydrogen-bond donors (Lipinski definition) is 1. The van der Waals surface area contributed by atoms with Crippen molar-refractivity contribution in [3.8, 4) is 0 Å². The van der Waals surface area contributed by atoms with Gasteiger partial charge in [-0.1, -0.05) is 48.5 Å². The summed E-state index contributed by atoms with van der Waals surface area (Å²) in [5.74, 6) is 0.0403. The summed E-state index contributed by atoms with van der Waals surface area (Å²) < 4.78 is 7.25. The first-order chi connectivity index (χ1) is 14.2. The Kier molecular flexibility index (Phi) is 5.81. The second-order valence-electron chi connectivity index (χ2n) is 7.20. The number of nitrogens with zero attached hydrogens (tertiary/aromatic N) is 2. The van der Waals surface area contributed by atoms with Crippen LogP contribution in [0.5, 0.6) is 0 Å². The molecule has 2 heterocycles. The van der Waals surface area contributed by atoms with Gasteiger partial charge in [-0.05, 0) is 24.8 Å². The third kappa shape index (κ3) is 4.60. The molecule has 0 unspecified atom stereocenters. The van der Waals surface area contributed by atoms with Crippen LogP contribution < -0.4 is 5.32 Å². The molecule has 0 spiro atoms. The van der Waals surface area contributed by atoms with Crippen molar-refractivity contribution in [3.05, 3.63) is 83.7 Å². The van der Waals surface area contributed by atoms with Gasteiger partial charge in [0.15, 0.2) is 5.78 Å². The number of aromatic nitrogens is 2. The molecule has 1 aromatic heterocycles. The molecule has 1 N–H and O–H groups in total. The third-order valence-electron chi connectivity index (χ3n) is 5.13. The maximum absolute atomic E-state index is 12.9. The maximum atomic E-state index is 12.9. The fourth-order valence-electron chi connectivity index (χ4n) is 3.54. The Hall–Kier alpha value is -3.25. The number of carbonyl (C=O) groups excluding carboxylic acids is 2. The van der Waals surface area contributed by atoms with E-state index in [1.165, 1.54) is 0 Å². The molecule has 1 aliphatic rings.